The van der Waals surface area contributed by atoms with Gasteiger partial charge in [-0.25, -0.2) is 0 Å². The molecule has 1 atom stereocenters. The second-order valence-corrected chi connectivity index (χ2v) is 5.79. The van der Waals surface area contributed by atoms with Gasteiger partial charge in [-0.05, 0) is 48.0 Å². The molecular formula is C19H20N2O2. The van der Waals surface area contributed by atoms with Crippen molar-refractivity contribution < 1.29 is 9.47 Å². The average molecular weight is 308 g/mol. The Balaban J connectivity index is 2.05. The maximum atomic E-state index is 9.22. The van der Waals surface area contributed by atoms with Gasteiger partial charge in [0.2, 0.25) is 0 Å². The molecule has 0 bridgehead atoms. The van der Waals surface area contributed by atoms with Gasteiger partial charge in [0.25, 0.3) is 0 Å². The number of likely N-dealkylation sites (N-methyl/N-ethyl adjacent to an activating group) is 1. The summed E-state index contributed by atoms with van der Waals surface area (Å²) in [5, 5.41) is 9.22. The van der Waals surface area contributed by atoms with Crippen LogP contribution in [0.5, 0.6) is 5.75 Å². The van der Waals surface area contributed by atoms with Crippen LogP contribution in [0.3, 0.4) is 0 Å². The van der Waals surface area contributed by atoms with Crippen LogP contribution in [0.25, 0.3) is 0 Å². The molecule has 23 heavy (non-hydrogen) atoms. The third-order valence-electron chi connectivity index (χ3n) is 4.17. The normalized spacial score (nSPS) is 18.4. The molecule has 0 N–H and O–H groups in total. The van der Waals surface area contributed by atoms with E-state index in [1.807, 2.05) is 42.5 Å². The maximum absolute atomic E-state index is 9.22. The Morgan fingerprint density at radius 1 is 1.22 bits per heavy atom. The second-order valence-electron chi connectivity index (χ2n) is 5.79. The smallest absolute Gasteiger partial charge is 0.118 e. The largest absolute Gasteiger partial charge is 0.497 e. The lowest BCUT2D eigenvalue weighted by Gasteiger charge is -2.28. The van der Waals surface area contributed by atoms with Crippen LogP contribution in [0.1, 0.15) is 28.4 Å². The van der Waals surface area contributed by atoms with Gasteiger partial charge in [0, 0.05) is 13.1 Å². The monoisotopic (exact) mass is 308 g/mol. The second kappa shape index (κ2) is 6.82. The molecule has 1 aliphatic rings. The van der Waals surface area contributed by atoms with Crippen molar-refractivity contribution in [3.63, 3.8) is 0 Å². The molecule has 4 nitrogen and oxygen atoms in total. The van der Waals surface area contributed by atoms with E-state index in [1.54, 1.807) is 7.11 Å². The van der Waals surface area contributed by atoms with Gasteiger partial charge in [-0.2, -0.15) is 5.26 Å². The van der Waals surface area contributed by atoms with E-state index >= 15 is 0 Å². The van der Waals surface area contributed by atoms with Crippen LogP contribution in [0.4, 0.5) is 0 Å². The SMILES string of the molecule is COc1ccc(C2OCCN(C)Cc3ccc(C#N)cc32)cc1. The van der Waals surface area contributed by atoms with Crippen LogP contribution < -0.4 is 4.74 Å². The number of methoxy groups -OCH3 is 1. The van der Waals surface area contributed by atoms with Gasteiger partial charge < -0.3 is 9.47 Å². The Morgan fingerprint density at radius 2 is 2.00 bits per heavy atom. The number of rotatable bonds is 2. The summed E-state index contributed by atoms with van der Waals surface area (Å²) < 4.78 is 11.4. The zero-order valence-electron chi connectivity index (χ0n) is 13.5. The molecule has 118 valence electrons. The predicted octanol–water partition coefficient (Wildman–Crippen LogP) is 3.12. The van der Waals surface area contributed by atoms with Crippen molar-refractivity contribution >= 4 is 0 Å². The van der Waals surface area contributed by atoms with Crippen molar-refractivity contribution in [3.05, 3.63) is 64.7 Å². The highest BCUT2D eigenvalue weighted by Crippen LogP contribution is 2.32. The summed E-state index contributed by atoms with van der Waals surface area (Å²) in [6, 6.07) is 16.0. The molecule has 4 heteroatoms. The van der Waals surface area contributed by atoms with E-state index in [1.165, 1.54) is 5.56 Å². The predicted molar refractivity (Wildman–Crippen MR) is 88.3 cm³/mol. The van der Waals surface area contributed by atoms with Crippen LogP contribution in [0.15, 0.2) is 42.5 Å². The molecule has 2 aromatic carbocycles. The minimum atomic E-state index is -0.155. The summed E-state index contributed by atoms with van der Waals surface area (Å²) >= 11 is 0. The number of nitrogens with zero attached hydrogens (tertiary/aromatic N) is 2. The fourth-order valence-electron chi connectivity index (χ4n) is 2.89. The summed E-state index contributed by atoms with van der Waals surface area (Å²) in [5.41, 5.74) is 4.01. The Bertz CT molecular complexity index is 719. The lowest BCUT2D eigenvalue weighted by atomic mass is 9.94. The van der Waals surface area contributed by atoms with Crippen LogP contribution >= 0.6 is 0 Å². The zero-order chi connectivity index (χ0) is 16.2. The molecule has 0 aliphatic carbocycles. The van der Waals surface area contributed by atoms with Crippen LogP contribution in [-0.2, 0) is 11.3 Å². The van der Waals surface area contributed by atoms with Crippen LogP contribution in [0, 0.1) is 11.3 Å². The molecule has 0 radical (unpaired) electrons. The third-order valence-corrected chi connectivity index (χ3v) is 4.17. The van der Waals surface area contributed by atoms with Crippen LogP contribution in [0.2, 0.25) is 0 Å². The molecular weight excluding hydrogens is 288 g/mol. The van der Waals surface area contributed by atoms with Gasteiger partial charge in [0.05, 0.1) is 25.3 Å². The van der Waals surface area contributed by atoms with Crippen molar-refractivity contribution in [2.75, 3.05) is 27.3 Å². The molecule has 2 aromatic rings. The molecule has 0 aromatic heterocycles. The Hall–Kier alpha value is -2.35. The molecule has 0 saturated heterocycles. The van der Waals surface area contributed by atoms with E-state index in [-0.39, 0.29) is 6.10 Å². The molecule has 3 rings (SSSR count). The van der Waals surface area contributed by atoms with Gasteiger partial charge in [0.1, 0.15) is 11.9 Å². The topological polar surface area (TPSA) is 45.5 Å². The van der Waals surface area contributed by atoms with E-state index in [0.717, 1.165) is 30.0 Å². The summed E-state index contributed by atoms with van der Waals surface area (Å²) in [7, 11) is 3.74. The van der Waals surface area contributed by atoms with Crippen molar-refractivity contribution in [1.29, 1.82) is 5.26 Å². The van der Waals surface area contributed by atoms with Gasteiger partial charge in [-0.3, -0.25) is 4.90 Å². The molecule has 1 unspecified atom stereocenters. The zero-order valence-corrected chi connectivity index (χ0v) is 13.5. The number of hydrogen-bond acceptors (Lipinski definition) is 4. The minimum absolute atomic E-state index is 0.155. The number of ether oxygens (including phenoxy) is 2. The van der Waals surface area contributed by atoms with E-state index in [2.05, 4.69) is 18.0 Å². The van der Waals surface area contributed by atoms with E-state index in [0.29, 0.717) is 12.2 Å². The molecule has 0 spiro atoms. The number of hydrogen-bond donors (Lipinski definition) is 0. The van der Waals surface area contributed by atoms with Gasteiger partial charge in [0.15, 0.2) is 0 Å². The first-order valence-corrected chi connectivity index (χ1v) is 7.68. The number of nitriles is 1. The molecule has 1 aliphatic heterocycles. The number of fused-ring (bicyclic) bond motifs is 1. The lowest BCUT2D eigenvalue weighted by Crippen LogP contribution is -2.27. The van der Waals surface area contributed by atoms with Crippen molar-refractivity contribution in [1.82, 2.24) is 4.90 Å². The number of benzene rings is 2. The fourth-order valence-corrected chi connectivity index (χ4v) is 2.89. The highest BCUT2D eigenvalue weighted by molar-refractivity contribution is 5.43. The first-order chi connectivity index (χ1) is 11.2. The first-order valence-electron chi connectivity index (χ1n) is 7.68. The quantitative estimate of drug-likeness (QED) is 0.855. The maximum Gasteiger partial charge on any atom is 0.118 e. The van der Waals surface area contributed by atoms with E-state index in [9.17, 15) is 5.26 Å². The fraction of sp³-hybridized carbons (Fsp3) is 0.316. The van der Waals surface area contributed by atoms with Crippen molar-refractivity contribution in [2.24, 2.45) is 0 Å². The summed E-state index contributed by atoms with van der Waals surface area (Å²) in [6.45, 7) is 2.40. The summed E-state index contributed by atoms with van der Waals surface area (Å²) in [4.78, 5) is 2.23. The Labute approximate surface area is 136 Å². The lowest BCUT2D eigenvalue weighted by molar-refractivity contribution is 0.0553. The summed E-state index contributed by atoms with van der Waals surface area (Å²) in [5.74, 6) is 0.824. The first kappa shape index (κ1) is 15.5. The molecule has 0 saturated carbocycles. The standard InChI is InChI=1S/C19H20N2O2/c1-21-9-10-23-19(15-5-7-17(22-2)8-6-15)18-11-14(12-20)3-4-16(18)13-21/h3-8,11,19H,9-10,13H2,1-2H3. The van der Waals surface area contributed by atoms with E-state index < -0.39 is 0 Å². The van der Waals surface area contributed by atoms with Crippen molar-refractivity contribution in [2.45, 2.75) is 12.6 Å². The van der Waals surface area contributed by atoms with Crippen molar-refractivity contribution in [3.8, 4) is 11.8 Å². The van der Waals surface area contributed by atoms with Gasteiger partial charge >= 0.3 is 0 Å². The van der Waals surface area contributed by atoms with E-state index in [4.69, 9.17) is 9.47 Å². The Morgan fingerprint density at radius 3 is 2.70 bits per heavy atom. The summed E-state index contributed by atoms with van der Waals surface area (Å²) in [6.07, 6.45) is -0.155. The minimum Gasteiger partial charge on any atom is -0.497 e. The van der Waals surface area contributed by atoms with Gasteiger partial charge in [-0.15, -0.1) is 0 Å². The molecule has 0 fully saturated rings. The Kier molecular flexibility index (Phi) is 4.61. The average Bonchev–Trinajstić information content (AvgIpc) is 2.58. The highest BCUT2D eigenvalue weighted by atomic mass is 16.5. The molecule has 0 amide bonds. The van der Waals surface area contributed by atoms with Crippen LogP contribution in [-0.4, -0.2) is 32.2 Å². The molecule has 1 heterocycles. The third kappa shape index (κ3) is 3.37. The van der Waals surface area contributed by atoms with Gasteiger partial charge in [-0.1, -0.05) is 18.2 Å². The highest BCUT2D eigenvalue weighted by Gasteiger charge is 2.22.